The van der Waals surface area contributed by atoms with Gasteiger partial charge in [-0.25, -0.2) is 0 Å². The Balaban J connectivity index is 2.36. The second-order valence-electron chi connectivity index (χ2n) is 5.34. The fourth-order valence-corrected chi connectivity index (χ4v) is 2.94. The Labute approximate surface area is 93.0 Å². The van der Waals surface area contributed by atoms with Crippen LogP contribution in [-0.2, 0) is 0 Å². The van der Waals surface area contributed by atoms with Crippen molar-refractivity contribution in [3.8, 4) is 0 Å². The summed E-state index contributed by atoms with van der Waals surface area (Å²) in [5.74, 6) is 0.549. The van der Waals surface area contributed by atoms with Gasteiger partial charge in [0, 0.05) is 5.92 Å². The second kappa shape index (κ2) is 3.84. The lowest BCUT2D eigenvalue weighted by Crippen LogP contribution is -2.27. The lowest BCUT2D eigenvalue weighted by Gasteiger charge is -2.40. The number of allylic oxidation sites excluding steroid dienone is 1. The first kappa shape index (κ1) is 10.5. The van der Waals surface area contributed by atoms with E-state index in [1.165, 1.54) is 30.4 Å². The Hall–Kier alpha value is -1.04. The van der Waals surface area contributed by atoms with Gasteiger partial charge in [-0.15, -0.1) is 0 Å². The minimum absolute atomic E-state index is 0.372. The molecule has 1 aromatic carbocycles. The highest BCUT2D eigenvalue weighted by Gasteiger charge is 2.35. The Morgan fingerprint density at radius 1 is 1.20 bits per heavy atom. The van der Waals surface area contributed by atoms with E-state index in [2.05, 4.69) is 50.8 Å². The summed E-state index contributed by atoms with van der Waals surface area (Å²) in [5, 5.41) is 0. The normalized spacial score (nSPS) is 25.2. The van der Waals surface area contributed by atoms with E-state index >= 15 is 0 Å². The molecular formula is C15H20. The Morgan fingerprint density at radius 3 is 2.47 bits per heavy atom. The molecule has 0 heteroatoms. The van der Waals surface area contributed by atoms with E-state index < -0.39 is 0 Å². The van der Waals surface area contributed by atoms with Crippen molar-refractivity contribution in [3.05, 3.63) is 48.0 Å². The molecule has 0 heterocycles. The number of hydrogen-bond acceptors (Lipinski definition) is 0. The lowest BCUT2D eigenvalue weighted by atomic mass is 9.64. The number of hydrogen-bond donors (Lipinski definition) is 0. The molecule has 1 aliphatic carbocycles. The SMILES string of the molecule is C=C1CCCC(C)(C)C1c1ccccc1. The standard InChI is InChI=1S/C15H20/c1-12-8-7-11-15(2,3)14(12)13-9-5-4-6-10-13/h4-6,9-10,14H,1,7-8,11H2,2-3H3. The van der Waals surface area contributed by atoms with Crippen molar-refractivity contribution in [1.82, 2.24) is 0 Å². The van der Waals surface area contributed by atoms with Gasteiger partial charge in [0.15, 0.2) is 0 Å². The minimum Gasteiger partial charge on any atom is -0.0992 e. The molecular weight excluding hydrogens is 180 g/mol. The van der Waals surface area contributed by atoms with Gasteiger partial charge in [0.05, 0.1) is 0 Å². The van der Waals surface area contributed by atoms with Crippen LogP contribution >= 0.6 is 0 Å². The molecule has 0 saturated heterocycles. The summed E-state index contributed by atoms with van der Waals surface area (Å²) < 4.78 is 0. The third kappa shape index (κ3) is 1.99. The van der Waals surface area contributed by atoms with Crippen molar-refractivity contribution >= 4 is 0 Å². The predicted octanol–water partition coefficient (Wildman–Crippen LogP) is 4.54. The summed E-state index contributed by atoms with van der Waals surface area (Å²) >= 11 is 0. The fraction of sp³-hybridized carbons (Fsp3) is 0.467. The maximum Gasteiger partial charge on any atom is 0.00966 e. The average molecular weight is 200 g/mol. The van der Waals surface area contributed by atoms with E-state index in [0.717, 1.165) is 0 Å². The van der Waals surface area contributed by atoms with E-state index in [1.54, 1.807) is 0 Å². The zero-order valence-electron chi connectivity index (χ0n) is 9.79. The molecule has 1 aromatic rings. The first-order valence-corrected chi connectivity index (χ1v) is 5.84. The molecule has 0 nitrogen and oxygen atoms in total. The second-order valence-corrected chi connectivity index (χ2v) is 5.34. The topological polar surface area (TPSA) is 0 Å². The van der Waals surface area contributed by atoms with Crippen LogP contribution in [0.4, 0.5) is 0 Å². The summed E-state index contributed by atoms with van der Waals surface area (Å²) in [6.07, 6.45) is 3.81. The highest BCUT2D eigenvalue weighted by atomic mass is 14.4. The van der Waals surface area contributed by atoms with Crippen LogP contribution < -0.4 is 0 Å². The van der Waals surface area contributed by atoms with Crippen molar-refractivity contribution in [2.45, 2.75) is 39.0 Å². The molecule has 1 saturated carbocycles. The maximum atomic E-state index is 4.27. The van der Waals surface area contributed by atoms with Gasteiger partial charge >= 0.3 is 0 Å². The van der Waals surface area contributed by atoms with Gasteiger partial charge in [-0.1, -0.05) is 56.3 Å². The molecule has 1 aliphatic rings. The van der Waals surface area contributed by atoms with Crippen LogP contribution in [0.3, 0.4) is 0 Å². The Kier molecular flexibility index (Phi) is 2.68. The first-order valence-electron chi connectivity index (χ1n) is 5.84. The van der Waals surface area contributed by atoms with E-state index in [-0.39, 0.29) is 0 Å². The van der Waals surface area contributed by atoms with Gasteiger partial charge in [0.2, 0.25) is 0 Å². The van der Waals surface area contributed by atoms with Crippen LogP contribution in [-0.4, -0.2) is 0 Å². The van der Waals surface area contributed by atoms with E-state index in [0.29, 0.717) is 11.3 Å². The Morgan fingerprint density at radius 2 is 1.87 bits per heavy atom. The van der Waals surface area contributed by atoms with Gasteiger partial charge in [-0.2, -0.15) is 0 Å². The molecule has 1 atom stereocenters. The molecule has 80 valence electrons. The van der Waals surface area contributed by atoms with Gasteiger partial charge in [-0.3, -0.25) is 0 Å². The molecule has 0 bridgehead atoms. The molecule has 0 N–H and O–H groups in total. The smallest absolute Gasteiger partial charge is 0.00966 e. The molecule has 2 rings (SSSR count). The van der Waals surface area contributed by atoms with Gasteiger partial charge in [0.25, 0.3) is 0 Å². The molecule has 0 spiro atoms. The molecule has 0 radical (unpaired) electrons. The van der Waals surface area contributed by atoms with Crippen LogP contribution in [0.1, 0.15) is 44.6 Å². The third-order valence-electron chi connectivity index (χ3n) is 3.64. The summed E-state index contributed by atoms with van der Waals surface area (Å²) in [6, 6.07) is 10.8. The highest BCUT2D eigenvalue weighted by molar-refractivity contribution is 5.31. The number of rotatable bonds is 1. The summed E-state index contributed by atoms with van der Waals surface area (Å²) in [7, 11) is 0. The van der Waals surface area contributed by atoms with Gasteiger partial charge < -0.3 is 0 Å². The molecule has 15 heavy (non-hydrogen) atoms. The number of benzene rings is 1. The summed E-state index contributed by atoms with van der Waals surface area (Å²) in [6.45, 7) is 9.01. The maximum absolute atomic E-state index is 4.27. The average Bonchev–Trinajstić information content (AvgIpc) is 2.17. The van der Waals surface area contributed by atoms with Crippen molar-refractivity contribution in [2.24, 2.45) is 5.41 Å². The van der Waals surface area contributed by atoms with Crippen LogP contribution in [0.15, 0.2) is 42.5 Å². The fourth-order valence-electron chi connectivity index (χ4n) is 2.94. The van der Waals surface area contributed by atoms with Crippen molar-refractivity contribution < 1.29 is 0 Å². The quantitative estimate of drug-likeness (QED) is 0.584. The van der Waals surface area contributed by atoms with E-state index in [1.807, 2.05) is 0 Å². The zero-order chi connectivity index (χ0) is 10.9. The zero-order valence-corrected chi connectivity index (χ0v) is 9.79. The van der Waals surface area contributed by atoms with Crippen LogP contribution in [0.5, 0.6) is 0 Å². The monoisotopic (exact) mass is 200 g/mol. The third-order valence-corrected chi connectivity index (χ3v) is 3.64. The van der Waals surface area contributed by atoms with E-state index in [4.69, 9.17) is 0 Å². The first-order chi connectivity index (χ1) is 7.11. The molecule has 1 unspecified atom stereocenters. The summed E-state index contributed by atoms with van der Waals surface area (Å²) in [4.78, 5) is 0. The molecule has 0 aromatic heterocycles. The van der Waals surface area contributed by atoms with Gasteiger partial charge in [-0.05, 0) is 30.2 Å². The lowest BCUT2D eigenvalue weighted by molar-refractivity contribution is 0.248. The van der Waals surface area contributed by atoms with Crippen LogP contribution in [0.2, 0.25) is 0 Å². The van der Waals surface area contributed by atoms with Crippen molar-refractivity contribution in [3.63, 3.8) is 0 Å². The van der Waals surface area contributed by atoms with E-state index in [9.17, 15) is 0 Å². The van der Waals surface area contributed by atoms with Crippen LogP contribution in [0.25, 0.3) is 0 Å². The molecule has 1 fully saturated rings. The largest absolute Gasteiger partial charge is 0.0992 e. The minimum atomic E-state index is 0.372. The Bertz CT molecular complexity index is 346. The van der Waals surface area contributed by atoms with Crippen molar-refractivity contribution in [2.75, 3.05) is 0 Å². The van der Waals surface area contributed by atoms with Crippen LogP contribution in [0, 0.1) is 5.41 Å². The van der Waals surface area contributed by atoms with Gasteiger partial charge in [0.1, 0.15) is 0 Å². The summed E-state index contributed by atoms with van der Waals surface area (Å²) in [5.41, 5.74) is 3.22. The predicted molar refractivity (Wildman–Crippen MR) is 66.0 cm³/mol. The molecule has 0 aliphatic heterocycles. The molecule has 0 amide bonds. The highest BCUT2D eigenvalue weighted by Crippen LogP contribution is 2.48. The van der Waals surface area contributed by atoms with Crippen molar-refractivity contribution in [1.29, 1.82) is 0 Å².